The third-order valence-corrected chi connectivity index (χ3v) is 3.77. The van der Waals surface area contributed by atoms with Crippen LogP contribution in [0.5, 0.6) is 0 Å². The van der Waals surface area contributed by atoms with E-state index in [1.165, 1.54) is 0 Å². The molecule has 0 bridgehead atoms. The fourth-order valence-electron chi connectivity index (χ4n) is 2.78. The first kappa shape index (κ1) is 12.2. The predicted octanol–water partition coefficient (Wildman–Crippen LogP) is 2.03. The summed E-state index contributed by atoms with van der Waals surface area (Å²) in [6, 6.07) is 14.3. The first-order chi connectivity index (χ1) is 10.4. The molecule has 4 rings (SSSR count). The molecular formula is C16H15N5. The molecule has 0 amide bonds. The van der Waals surface area contributed by atoms with Crippen LogP contribution in [0.15, 0.2) is 54.9 Å². The third-order valence-electron chi connectivity index (χ3n) is 3.77. The molecule has 0 spiro atoms. The lowest BCUT2D eigenvalue weighted by Crippen LogP contribution is -2.34. The summed E-state index contributed by atoms with van der Waals surface area (Å²) in [5.41, 5.74) is 2.22. The highest BCUT2D eigenvalue weighted by Crippen LogP contribution is 2.27. The normalized spacial score (nSPS) is 17.4. The van der Waals surface area contributed by atoms with Crippen LogP contribution in [0.1, 0.15) is 17.4 Å². The van der Waals surface area contributed by atoms with Crippen molar-refractivity contribution in [3.8, 4) is 11.4 Å². The van der Waals surface area contributed by atoms with E-state index in [1.807, 2.05) is 30.5 Å². The van der Waals surface area contributed by atoms with Crippen molar-refractivity contribution in [3.63, 3.8) is 0 Å². The second-order valence-corrected chi connectivity index (χ2v) is 5.07. The summed E-state index contributed by atoms with van der Waals surface area (Å²) in [5, 5.41) is 12.3. The number of nitrogens with one attached hydrogen (secondary N) is 1. The minimum atomic E-state index is 0.0532. The fourth-order valence-corrected chi connectivity index (χ4v) is 2.78. The molecule has 0 radical (unpaired) electrons. The number of pyridine rings is 1. The highest BCUT2D eigenvalue weighted by atomic mass is 15.3. The first-order valence-electron chi connectivity index (χ1n) is 7.05. The summed E-state index contributed by atoms with van der Waals surface area (Å²) in [7, 11) is 0. The van der Waals surface area contributed by atoms with Crippen LogP contribution in [0.3, 0.4) is 0 Å². The Bertz CT molecular complexity index is 736. The van der Waals surface area contributed by atoms with Gasteiger partial charge in [0.2, 0.25) is 0 Å². The standard InChI is InChI=1S/C16H15N5/c1-2-5-12(6-3-1)15-19-20-16-14(18-9-10-21(15)16)13-7-4-8-17-11-13/h1-8,11,14,18H,9-10H2. The zero-order valence-electron chi connectivity index (χ0n) is 11.5. The van der Waals surface area contributed by atoms with E-state index in [1.54, 1.807) is 6.20 Å². The summed E-state index contributed by atoms with van der Waals surface area (Å²) in [5.74, 6) is 1.88. The first-order valence-corrected chi connectivity index (χ1v) is 7.05. The lowest BCUT2D eigenvalue weighted by atomic mass is 10.1. The molecule has 2 aromatic heterocycles. The summed E-state index contributed by atoms with van der Waals surface area (Å²) in [4.78, 5) is 4.20. The van der Waals surface area contributed by atoms with E-state index >= 15 is 0 Å². The van der Waals surface area contributed by atoms with Crippen LogP contribution in [-0.2, 0) is 6.54 Å². The van der Waals surface area contributed by atoms with Gasteiger partial charge < -0.3 is 9.88 Å². The zero-order chi connectivity index (χ0) is 14.1. The molecule has 1 atom stereocenters. The number of hydrogen-bond donors (Lipinski definition) is 1. The number of benzene rings is 1. The van der Waals surface area contributed by atoms with Gasteiger partial charge in [-0.3, -0.25) is 4.98 Å². The molecule has 5 nitrogen and oxygen atoms in total. The molecule has 0 fully saturated rings. The van der Waals surface area contributed by atoms with Crippen molar-refractivity contribution in [2.75, 3.05) is 6.54 Å². The molecule has 0 aliphatic carbocycles. The van der Waals surface area contributed by atoms with Gasteiger partial charge >= 0.3 is 0 Å². The second kappa shape index (κ2) is 5.10. The molecule has 104 valence electrons. The van der Waals surface area contributed by atoms with Gasteiger partial charge in [-0.05, 0) is 11.6 Å². The van der Waals surface area contributed by atoms with E-state index in [4.69, 9.17) is 0 Å². The van der Waals surface area contributed by atoms with Gasteiger partial charge in [0, 0.05) is 31.0 Å². The van der Waals surface area contributed by atoms with Crippen molar-refractivity contribution in [1.82, 2.24) is 25.1 Å². The topological polar surface area (TPSA) is 55.6 Å². The average Bonchev–Trinajstić information content (AvgIpc) is 3.00. The van der Waals surface area contributed by atoms with Crippen LogP contribution < -0.4 is 5.32 Å². The van der Waals surface area contributed by atoms with Gasteiger partial charge in [-0.25, -0.2) is 0 Å². The van der Waals surface area contributed by atoms with E-state index in [2.05, 4.69) is 43.3 Å². The number of rotatable bonds is 2. The van der Waals surface area contributed by atoms with E-state index in [0.29, 0.717) is 0 Å². The van der Waals surface area contributed by atoms with Gasteiger partial charge in [0.15, 0.2) is 11.6 Å². The summed E-state index contributed by atoms with van der Waals surface area (Å²) in [6.07, 6.45) is 3.66. The SMILES string of the molecule is c1ccc(-c2nnc3n2CCNC3c2cccnc2)cc1. The van der Waals surface area contributed by atoms with Crippen LogP contribution in [0.25, 0.3) is 11.4 Å². The Labute approximate surface area is 122 Å². The Morgan fingerprint density at radius 1 is 1.05 bits per heavy atom. The van der Waals surface area contributed by atoms with Gasteiger partial charge in [-0.1, -0.05) is 36.4 Å². The summed E-state index contributed by atoms with van der Waals surface area (Å²) < 4.78 is 2.20. The van der Waals surface area contributed by atoms with Gasteiger partial charge in [0.1, 0.15) is 0 Å². The molecule has 21 heavy (non-hydrogen) atoms. The maximum Gasteiger partial charge on any atom is 0.164 e. The lowest BCUT2D eigenvalue weighted by molar-refractivity contribution is 0.457. The van der Waals surface area contributed by atoms with Crippen LogP contribution in [0.4, 0.5) is 0 Å². The number of fused-ring (bicyclic) bond motifs is 1. The molecular weight excluding hydrogens is 262 g/mol. The Hall–Kier alpha value is -2.53. The molecule has 3 heterocycles. The highest BCUT2D eigenvalue weighted by Gasteiger charge is 2.26. The Morgan fingerprint density at radius 2 is 1.95 bits per heavy atom. The quantitative estimate of drug-likeness (QED) is 0.778. The van der Waals surface area contributed by atoms with Crippen molar-refractivity contribution >= 4 is 0 Å². The molecule has 0 saturated carbocycles. The fraction of sp³-hybridized carbons (Fsp3) is 0.188. The van der Waals surface area contributed by atoms with Gasteiger partial charge in [-0.15, -0.1) is 10.2 Å². The van der Waals surface area contributed by atoms with Crippen molar-refractivity contribution in [2.45, 2.75) is 12.6 Å². The monoisotopic (exact) mass is 277 g/mol. The van der Waals surface area contributed by atoms with Crippen molar-refractivity contribution < 1.29 is 0 Å². The van der Waals surface area contributed by atoms with Crippen LogP contribution in [0.2, 0.25) is 0 Å². The molecule has 1 aliphatic rings. The molecule has 1 unspecified atom stereocenters. The maximum absolute atomic E-state index is 4.41. The maximum atomic E-state index is 4.41. The van der Waals surface area contributed by atoms with Crippen LogP contribution in [-0.4, -0.2) is 26.3 Å². The molecule has 1 N–H and O–H groups in total. The number of aromatic nitrogens is 4. The Morgan fingerprint density at radius 3 is 2.76 bits per heavy atom. The van der Waals surface area contributed by atoms with Crippen LogP contribution >= 0.6 is 0 Å². The van der Waals surface area contributed by atoms with Crippen molar-refractivity contribution in [2.24, 2.45) is 0 Å². The minimum absolute atomic E-state index is 0.0532. The summed E-state index contributed by atoms with van der Waals surface area (Å²) >= 11 is 0. The molecule has 0 saturated heterocycles. The molecule has 1 aliphatic heterocycles. The van der Waals surface area contributed by atoms with E-state index in [0.717, 1.165) is 35.9 Å². The number of nitrogens with zero attached hydrogens (tertiary/aromatic N) is 4. The van der Waals surface area contributed by atoms with E-state index in [-0.39, 0.29) is 6.04 Å². The number of hydrogen-bond acceptors (Lipinski definition) is 4. The third kappa shape index (κ3) is 2.11. The van der Waals surface area contributed by atoms with Crippen molar-refractivity contribution in [1.29, 1.82) is 0 Å². The zero-order valence-corrected chi connectivity index (χ0v) is 11.5. The van der Waals surface area contributed by atoms with Gasteiger partial charge in [0.05, 0.1) is 6.04 Å². The predicted molar refractivity (Wildman–Crippen MR) is 79.5 cm³/mol. The van der Waals surface area contributed by atoms with Crippen molar-refractivity contribution in [3.05, 3.63) is 66.2 Å². The van der Waals surface area contributed by atoms with Gasteiger partial charge in [-0.2, -0.15) is 0 Å². The molecule has 3 aromatic rings. The summed E-state index contributed by atoms with van der Waals surface area (Å²) in [6.45, 7) is 1.77. The van der Waals surface area contributed by atoms with E-state index in [9.17, 15) is 0 Å². The van der Waals surface area contributed by atoms with Crippen LogP contribution in [0, 0.1) is 0 Å². The van der Waals surface area contributed by atoms with Gasteiger partial charge in [0.25, 0.3) is 0 Å². The second-order valence-electron chi connectivity index (χ2n) is 5.07. The molecule has 5 heteroatoms. The largest absolute Gasteiger partial charge is 0.308 e. The smallest absolute Gasteiger partial charge is 0.164 e. The average molecular weight is 277 g/mol. The highest BCUT2D eigenvalue weighted by molar-refractivity contribution is 5.55. The minimum Gasteiger partial charge on any atom is -0.308 e. The Balaban J connectivity index is 1.79. The Kier molecular flexibility index (Phi) is 2.97. The lowest BCUT2D eigenvalue weighted by Gasteiger charge is -2.25. The van der Waals surface area contributed by atoms with E-state index < -0.39 is 0 Å². The molecule has 1 aromatic carbocycles.